The molecule has 2 fully saturated rings. The lowest BCUT2D eigenvalue weighted by Gasteiger charge is -2.45. The highest BCUT2D eigenvalue weighted by molar-refractivity contribution is 6.14. The summed E-state index contributed by atoms with van der Waals surface area (Å²) in [5.74, 6) is -0.698. The number of hydrogen-bond acceptors (Lipinski definition) is 6. The molecule has 46 heavy (non-hydrogen) atoms. The second-order valence-corrected chi connectivity index (χ2v) is 16.1. The number of nitrogens with one attached hydrogen (secondary N) is 2. The predicted octanol–water partition coefficient (Wildman–Crippen LogP) is 8.59. The van der Waals surface area contributed by atoms with Gasteiger partial charge in [-0.1, -0.05) is 54.6 Å². The summed E-state index contributed by atoms with van der Waals surface area (Å²) in [6.45, 7) is 17.2. The van der Waals surface area contributed by atoms with Gasteiger partial charge in [-0.2, -0.15) is 0 Å². The third kappa shape index (κ3) is 6.84. The summed E-state index contributed by atoms with van der Waals surface area (Å²) in [6.07, 6.45) is 2.45. The fourth-order valence-corrected chi connectivity index (χ4v) is 8.42. The van der Waals surface area contributed by atoms with Crippen LogP contribution in [0.5, 0.6) is 0 Å². The van der Waals surface area contributed by atoms with E-state index in [1.54, 1.807) is 0 Å². The number of piperidine rings is 2. The molecule has 6 nitrogen and oxygen atoms in total. The lowest BCUT2D eigenvalue weighted by molar-refractivity contribution is -0.00749. The molecule has 0 aromatic heterocycles. The minimum Gasteiger partial charge on any atom is -0.459 e. The van der Waals surface area contributed by atoms with Crippen molar-refractivity contribution in [3.8, 4) is 11.1 Å². The van der Waals surface area contributed by atoms with Crippen LogP contribution in [0.4, 0.5) is 0 Å². The second kappa shape index (κ2) is 11.5. The Morgan fingerprint density at radius 3 is 1.50 bits per heavy atom. The van der Waals surface area contributed by atoms with Crippen LogP contribution in [0, 0.1) is 0 Å². The summed E-state index contributed by atoms with van der Waals surface area (Å²) in [5, 5.41) is 11.0. The number of fused-ring (bicyclic) bond motifs is 2. The lowest BCUT2D eigenvalue weighted by atomic mass is 9.81. The molecular formula is C40H48N2O4. The normalized spacial score (nSPS) is 20.8. The van der Waals surface area contributed by atoms with E-state index in [0.717, 1.165) is 58.4 Å². The zero-order chi connectivity index (χ0) is 33.1. The Balaban J connectivity index is 1.43. The van der Waals surface area contributed by atoms with Gasteiger partial charge in [-0.05, 0) is 101 Å². The van der Waals surface area contributed by atoms with Crippen LogP contribution in [0.25, 0.3) is 32.7 Å². The van der Waals surface area contributed by atoms with Crippen molar-refractivity contribution >= 4 is 33.5 Å². The summed E-state index contributed by atoms with van der Waals surface area (Å²) in [6, 6.07) is 23.7. The first-order chi connectivity index (χ1) is 21.5. The van der Waals surface area contributed by atoms with Crippen LogP contribution >= 0.6 is 0 Å². The van der Waals surface area contributed by atoms with Gasteiger partial charge < -0.3 is 20.1 Å². The molecule has 0 amide bonds. The Bertz CT molecular complexity index is 1780. The molecule has 2 N–H and O–H groups in total. The zero-order valence-electron chi connectivity index (χ0n) is 28.5. The van der Waals surface area contributed by atoms with Crippen molar-refractivity contribution in [3.05, 3.63) is 83.9 Å². The van der Waals surface area contributed by atoms with Crippen LogP contribution in [0.2, 0.25) is 0 Å². The number of ether oxygens (including phenoxy) is 2. The standard InChI is InChI=1S/C40H48N2O4/c1-37(2)21-28(22-38(3,4)41-37)45-35(43)31-18-12-16-25-15-11-17-30(34(25)31)32-19-26-13-9-10-14-27(26)20-33(32)36(44)46-29-23-39(5,6)42-40(7,8)24-29/h9-20,28-29,41-42H,21-24H2,1-8H3. The van der Waals surface area contributed by atoms with Gasteiger partial charge in [0.2, 0.25) is 0 Å². The van der Waals surface area contributed by atoms with E-state index < -0.39 is 0 Å². The number of benzene rings is 4. The minimum absolute atomic E-state index is 0.157. The van der Waals surface area contributed by atoms with Crippen molar-refractivity contribution < 1.29 is 19.1 Å². The second-order valence-electron chi connectivity index (χ2n) is 16.1. The quantitative estimate of drug-likeness (QED) is 0.218. The van der Waals surface area contributed by atoms with Crippen LogP contribution < -0.4 is 10.6 Å². The molecule has 2 saturated heterocycles. The SMILES string of the molecule is CC1(C)CC(OC(=O)c2cc3ccccc3cc2-c2cccc3cccc(C(=O)OC4CC(C)(C)NC(C)(C)C4)c23)CC(C)(C)N1. The van der Waals surface area contributed by atoms with E-state index in [-0.39, 0.29) is 46.3 Å². The first kappa shape index (κ1) is 32.2. The number of hydrogen-bond donors (Lipinski definition) is 2. The van der Waals surface area contributed by atoms with Gasteiger partial charge >= 0.3 is 11.9 Å². The molecule has 0 aliphatic carbocycles. The van der Waals surface area contributed by atoms with Gasteiger partial charge in [0.25, 0.3) is 0 Å². The summed E-state index contributed by atoms with van der Waals surface area (Å²) < 4.78 is 12.6. The van der Waals surface area contributed by atoms with Gasteiger partial charge in [-0.15, -0.1) is 0 Å². The van der Waals surface area contributed by atoms with Gasteiger partial charge in [0.05, 0.1) is 11.1 Å². The Morgan fingerprint density at radius 1 is 0.543 bits per heavy atom. The van der Waals surface area contributed by atoms with Crippen molar-refractivity contribution in [3.63, 3.8) is 0 Å². The first-order valence-electron chi connectivity index (χ1n) is 16.6. The van der Waals surface area contributed by atoms with Crippen molar-refractivity contribution in [1.29, 1.82) is 0 Å². The van der Waals surface area contributed by atoms with Crippen molar-refractivity contribution in [1.82, 2.24) is 10.6 Å². The van der Waals surface area contributed by atoms with Crippen LogP contribution in [0.15, 0.2) is 72.8 Å². The molecule has 4 aromatic carbocycles. The van der Waals surface area contributed by atoms with Gasteiger partial charge in [0.1, 0.15) is 12.2 Å². The van der Waals surface area contributed by atoms with E-state index in [0.29, 0.717) is 11.1 Å². The third-order valence-corrected chi connectivity index (χ3v) is 9.37. The summed E-state index contributed by atoms with van der Waals surface area (Å²) in [5.41, 5.74) is 1.89. The molecule has 2 aliphatic heterocycles. The summed E-state index contributed by atoms with van der Waals surface area (Å²) in [7, 11) is 0. The lowest BCUT2D eigenvalue weighted by Crippen LogP contribution is -2.59. The van der Waals surface area contributed by atoms with E-state index in [4.69, 9.17) is 9.47 Å². The summed E-state index contributed by atoms with van der Waals surface area (Å²) in [4.78, 5) is 28.2. The molecule has 0 saturated carbocycles. The predicted molar refractivity (Wildman–Crippen MR) is 186 cm³/mol. The molecule has 0 atom stereocenters. The number of carbonyl (C=O) groups excluding carboxylic acids is 2. The fourth-order valence-electron chi connectivity index (χ4n) is 8.42. The van der Waals surface area contributed by atoms with Gasteiger partial charge in [-0.25, -0.2) is 9.59 Å². The molecule has 0 spiro atoms. The molecule has 0 radical (unpaired) electrons. The zero-order valence-corrected chi connectivity index (χ0v) is 28.5. The molecule has 6 rings (SSSR count). The van der Waals surface area contributed by atoms with Gasteiger partial charge in [0.15, 0.2) is 0 Å². The number of esters is 2. The molecular weight excluding hydrogens is 572 g/mol. The highest BCUT2D eigenvalue weighted by Crippen LogP contribution is 2.38. The maximum Gasteiger partial charge on any atom is 0.339 e. The van der Waals surface area contributed by atoms with Crippen LogP contribution in [-0.2, 0) is 9.47 Å². The molecule has 242 valence electrons. The Labute approximate surface area is 273 Å². The molecule has 2 heterocycles. The van der Waals surface area contributed by atoms with Crippen molar-refractivity contribution in [2.24, 2.45) is 0 Å². The summed E-state index contributed by atoms with van der Waals surface area (Å²) >= 11 is 0. The smallest absolute Gasteiger partial charge is 0.339 e. The van der Waals surface area contributed by atoms with Gasteiger partial charge in [-0.3, -0.25) is 0 Å². The Hall–Kier alpha value is -3.74. The largest absolute Gasteiger partial charge is 0.459 e. The third-order valence-electron chi connectivity index (χ3n) is 9.37. The average molecular weight is 621 g/mol. The Kier molecular flexibility index (Phi) is 8.05. The van der Waals surface area contributed by atoms with E-state index >= 15 is 0 Å². The first-order valence-corrected chi connectivity index (χ1v) is 16.6. The van der Waals surface area contributed by atoms with Crippen LogP contribution in [0.3, 0.4) is 0 Å². The van der Waals surface area contributed by atoms with E-state index in [1.807, 2.05) is 66.7 Å². The average Bonchev–Trinajstić information content (AvgIpc) is 2.92. The molecule has 0 unspecified atom stereocenters. The monoisotopic (exact) mass is 620 g/mol. The van der Waals surface area contributed by atoms with Crippen molar-refractivity contribution in [2.45, 2.75) is 115 Å². The van der Waals surface area contributed by atoms with Gasteiger partial charge in [0, 0.05) is 53.2 Å². The topological polar surface area (TPSA) is 76.7 Å². The van der Waals surface area contributed by atoms with Crippen LogP contribution in [0.1, 0.15) is 102 Å². The highest BCUT2D eigenvalue weighted by atomic mass is 16.5. The number of rotatable bonds is 5. The number of carbonyl (C=O) groups is 2. The minimum atomic E-state index is -0.351. The fraction of sp³-hybridized carbons (Fsp3) is 0.450. The highest BCUT2D eigenvalue weighted by Gasteiger charge is 2.41. The molecule has 0 bridgehead atoms. The maximum atomic E-state index is 14.2. The molecule has 2 aliphatic rings. The van der Waals surface area contributed by atoms with E-state index in [2.05, 4.69) is 72.1 Å². The van der Waals surface area contributed by atoms with Crippen molar-refractivity contribution in [2.75, 3.05) is 0 Å². The van der Waals surface area contributed by atoms with E-state index in [9.17, 15) is 9.59 Å². The Morgan fingerprint density at radius 2 is 0.978 bits per heavy atom. The van der Waals surface area contributed by atoms with E-state index in [1.165, 1.54) is 0 Å². The molecule has 6 heteroatoms. The molecule has 4 aromatic rings. The van der Waals surface area contributed by atoms with Crippen LogP contribution in [-0.4, -0.2) is 46.3 Å². The maximum absolute atomic E-state index is 14.2.